The lowest BCUT2D eigenvalue weighted by atomic mass is 9.85. The topological polar surface area (TPSA) is 12.9 Å². The molecule has 0 aliphatic rings. The molecule has 0 bridgehead atoms. The van der Waals surface area contributed by atoms with Crippen LogP contribution >= 0.6 is 0 Å². The number of benzene rings is 4. The lowest BCUT2D eigenvalue weighted by molar-refractivity contribution is 0.590. The first kappa shape index (κ1) is 25.7. The molecular formula is C37H37N. The van der Waals surface area contributed by atoms with Gasteiger partial charge in [-0.1, -0.05) is 114 Å². The lowest BCUT2D eigenvalue weighted by Gasteiger charge is -2.20. The Morgan fingerprint density at radius 2 is 0.842 bits per heavy atom. The number of pyridine rings is 1. The zero-order valence-electron chi connectivity index (χ0n) is 23.4. The Morgan fingerprint density at radius 3 is 1.29 bits per heavy atom. The first-order valence-corrected chi connectivity index (χ1v) is 13.5. The quantitative estimate of drug-likeness (QED) is 0.242. The summed E-state index contributed by atoms with van der Waals surface area (Å²) in [4.78, 5) is 4.57. The fourth-order valence-electron chi connectivity index (χ4n) is 4.84. The average Bonchev–Trinajstić information content (AvgIpc) is 2.92. The van der Waals surface area contributed by atoms with E-state index in [0.29, 0.717) is 0 Å². The molecule has 0 aliphatic carbocycles. The summed E-state index contributed by atoms with van der Waals surface area (Å²) < 4.78 is 0. The summed E-state index contributed by atoms with van der Waals surface area (Å²) in [6.07, 6.45) is 1.85. The highest BCUT2D eigenvalue weighted by atomic mass is 14.7. The minimum absolute atomic E-state index is 0.131. The van der Waals surface area contributed by atoms with Gasteiger partial charge in [-0.2, -0.15) is 0 Å². The number of nitrogens with zero attached hydrogens (tertiary/aromatic N) is 1. The minimum atomic E-state index is 0.131. The van der Waals surface area contributed by atoms with Crippen LogP contribution in [-0.2, 0) is 10.8 Å². The molecule has 38 heavy (non-hydrogen) atoms. The number of hydrogen-bond donors (Lipinski definition) is 0. The van der Waals surface area contributed by atoms with E-state index in [1.165, 1.54) is 44.5 Å². The summed E-state index contributed by atoms with van der Waals surface area (Å²) in [5.74, 6) is 0. The van der Waals surface area contributed by atoms with Gasteiger partial charge in [0.05, 0.1) is 5.69 Å². The lowest BCUT2D eigenvalue weighted by Crippen LogP contribution is -2.10. The maximum atomic E-state index is 4.57. The van der Waals surface area contributed by atoms with Crippen LogP contribution in [0.1, 0.15) is 52.7 Å². The molecule has 1 heterocycles. The van der Waals surface area contributed by atoms with Gasteiger partial charge in [0.25, 0.3) is 0 Å². The second-order valence-electron chi connectivity index (χ2n) is 12.2. The summed E-state index contributed by atoms with van der Waals surface area (Å²) in [6.45, 7) is 13.6. The van der Waals surface area contributed by atoms with Crippen molar-refractivity contribution >= 4 is 0 Å². The Balaban J connectivity index is 1.63. The molecule has 0 saturated heterocycles. The van der Waals surface area contributed by atoms with E-state index < -0.39 is 0 Å². The van der Waals surface area contributed by atoms with E-state index in [9.17, 15) is 0 Å². The van der Waals surface area contributed by atoms with Crippen LogP contribution in [0.2, 0.25) is 0 Å². The van der Waals surface area contributed by atoms with Crippen molar-refractivity contribution in [3.8, 4) is 44.6 Å². The molecule has 4 aromatic carbocycles. The highest BCUT2D eigenvalue weighted by molar-refractivity contribution is 5.82. The van der Waals surface area contributed by atoms with Gasteiger partial charge in [-0.15, -0.1) is 0 Å². The van der Waals surface area contributed by atoms with Crippen LogP contribution in [0.4, 0.5) is 0 Å². The van der Waals surface area contributed by atoms with Crippen LogP contribution in [0.15, 0.2) is 115 Å². The second-order valence-corrected chi connectivity index (χ2v) is 12.2. The highest BCUT2D eigenvalue weighted by Gasteiger charge is 2.15. The first-order chi connectivity index (χ1) is 18.1. The van der Waals surface area contributed by atoms with E-state index in [4.69, 9.17) is 0 Å². The first-order valence-electron chi connectivity index (χ1n) is 13.5. The fourth-order valence-corrected chi connectivity index (χ4v) is 4.84. The molecule has 190 valence electrons. The van der Waals surface area contributed by atoms with E-state index in [1.807, 2.05) is 18.3 Å². The van der Waals surface area contributed by atoms with Crippen molar-refractivity contribution in [2.75, 3.05) is 0 Å². The van der Waals surface area contributed by atoms with E-state index in [2.05, 4.69) is 144 Å². The molecule has 1 heteroatoms. The Bertz CT molecular complexity index is 1450. The predicted octanol–water partition coefficient (Wildman–Crippen LogP) is 10.3. The molecule has 0 N–H and O–H groups in total. The van der Waals surface area contributed by atoms with Crippen LogP contribution in [0, 0.1) is 0 Å². The van der Waals surface area contributed by atoms with Crippen LogP contribution in [0.25, 0.3) is 44.6 Å². The third-order valence-electron chi connectivity index (χ3n) is 7.26. The molecule has 0 amide bonds. The van der Waals surface area contributed by atoms with Gasteiger partial charge in [0.1, 0.15) is 0 Å². The van der Waals surface area contributed by atoms with Crippen molar-refractivity contribution in [2.24, 2.45) is 0 Å². The maximum Gasteiger partial charge on any atom is 0.0702 e. The van der Waals surface area contributed by atoms with Gasteiger partial charge in [-0.05, 0) is 91.7 Å². The standard InChI is InChI=1S/C37H37N/c1-36(2,3)33-17-13-26(14-18-33)30-23-31(27-15-19-34(20-16-27)37(4,5)6)25-32(24-30)28-10-9-11-29(22-28)35-12-7-8-21-38-35/h7-25H,1-6H3. The summed E-state index contributed by atoms with van der Waals surface area (Å²) in [7, 11) is 0. The third-order valence-corrected chi connectivity index (χ3v) is 7.26. The van der Waals surface area contributed by atoms with Crippen molar-refractivity contribution in [3.63, 3.8) is 0 Å². The summed E-state index contributed by atoms with van der Waals surface area (Å²) in [6, 6.07) is 39.8. The van der Waals surface area contributed by atoms with Gasteiger partial charge in [0, 0.05) is 11.8 Å². The zero-order chi connectivity index (χ0) is 26.9. The molecule has 0 radical (unpaired) electrons. The molecule has 1 nitrogen and oxygen atoms in total. The molecule has 0 atom stereocenters. The molecule has 5 aromatic rings. The Morgan fingerprint density at radius 1 is 0.395 bits per heavy atom. The van der Waals surface area contributed by atoms with Gasteiger partial charge in [0.2, 0.25) is 0 Å². The average molecular weight is 496 g/mol. The number of hydrogen-bond acceptors (Lipinski definition) is 1. The van der Waals surface area contributed by atoms with E-state index in [0.717, 1.165) is 11.3 Å². The van der Waals surface area contributed by atoms with Gasteiger partial charge in [0.15, 0.2) is 0 Å². The van der Waals surface area contributed by atoms with Crippen LogP contribution in [-0.4, -0.2) is 4.98 Å². The molecule has 5 rings (SSSR count). The smallest absolute Gasteiger partial charge is 0.0702 e. The van der Waals surface area contributed by atoms with Crippen LogP contribution in [0.5, 0.6) is 0 Å². The molecule has 0 unspecified atom stereocenters. The van der Waals surface area contributed by atoms with Crippen LogP contribution in [0.3, 0.4) is 0 Å². The Labute approximate surface area is 228 Å². The second kappa shape index (κ2) is 10.1. The highest BCUT2D eigenvalue weighted by Crippen LogP contribution is 2.36. The minimum Gasteiger partial charge on any atom is -0.256 e. The predicted molar refractivity (Wildman–Crippen MR) is 163 cm³/mol. The van der Waals surface area contributed by atoms with Crippen molar-refractivity contribution in [3.05, 3.63) is 127 Å². The largest absolute Gasteiger partial charge is 0.256 e. The van der Waals surface area contributed by atoms with E-state index >= 15 is 0 Å². The Kier molecular flexibility index (Phi) is 6.80. The van der Waals surface area contributed by atoms with E-state index in [1.54, 1.807) is 0 Å². The molecule has 0 spiro atoms. The summed E-state index contributed by atoms with van der Waals surface area (Å²) in [5.41, 5.74) is 12.4. The van der Waals surface area contributed by atoms with E-state index in [-0.39, 0.29) is 10.8 Å². The molecule has 0 fully saturated rings. The molecule has 1 aromatic heterocycles. The van der Waals surface area contributed by atoms with Crippen molar-refractivity contribution in [2.45, 2.75) is 52.4 Å². The normalized spacial score (nSPS) is 11.9. The van der Waals surface area contributed by atoms with Gasteiger partial charge in [-0.3, -0.25) is 4.98 Å². The SMILES string of the molecule is CC(C)(C)c1ccc(-c2cc(-c3ccc(C(C)(C)C)cc3)cc(-c3cccc(-c4ccccn4)c3)c2)cc1. The molecule has 0 saturated carbocycles. The summed E-state index contributed by atoms with van der Waals surface area (Å²) in [5, 5.41) is 0. The zero-order valence-corrected chi connectivity index (χ0v) is 23.4. The van der Waals surface area contributed by atoms with Crippen molar-refractivity contribution in [1.82, 2.24) is 4.98 Å². The monoisotopic (exact) mass is 495 g/mol. The molecular weight excluding hydrogens is 458 g/mol. The molecule has 0 aliphatic heterocycles. The third kappa shape index (κ3) is 5.63. The number of aromatic nitrogens is 1. The van der Waals surface area contributed by atoms with Crippen molar-refractivity contribution in [1.29, 1.82) is 0 Å². The number of rotatable bonds is 4. The van der Waals surface area contributed by atoms with Crippen molar-refractivity contribution < 1.29 is 0 Å². The van der Waals surface area contributed by atoms with Gasteiger partial charge in [-0.25, -0.2) is 0 Å². The van der Waals surface area contributed by atoms with Gasteiger partial charge >= 0.3 is 0 Å². The summed E-state index contributed by atoms with van der Waals surface area (Å²) >= 11 is 0. The maximum absolute atomic E-state index is 4.57. The van der Waals surface area contributed by atoms with Crippen LogP contribution < -0.4 is 0 Å². The van der Waals surface area contributed by atoms with Gasteiger partial charge < -0.3 is 0 Å². The Hall–Kier alpha value is -3.97. The fraction of sp³-hybridized carbons (Fsp3) is 0.216.